The van der Waals surface area contributed by atoms with E-state index in [9.17, 15) is 5.26 Å². The highest BCUT2D eigenvalue weighted by Crippen LogP contribution is 2.27. The van der Waals surface area contributed by atoms with Gasteiger partial charge in [0.25, 0.3) is 0 Å². The second-order valence-electron chi connectivity index (χ2n) is 4.69. The van der Waals surface area contributed by atoms with Gasteiger partial charge < -0.3 is 10.1 Å². The Morgan fingerprint density at radius 1 is 1.38 bits per heavy atom. The van der Waals surface area contributed by atoms with Crippen LogP contribution in [0.4, 0.5) is 5.82 Å². The van der Waals surface area contributed by atoms with Crippen molar-refractivity contribution >= 4 is 17.4 Å². The smallest absolute Gasteiger partial charge is 0.144 e. The number of pyridine rings is 1. The first-order valence-electron chi connectivity index (χ1n) is 6.50. The van der Waals surface area contributed by atoms with Crippen molar-refractivity contribution < 1.29 is 4.74 Å². The predicted molar refractivity (Wildman–Crippen MR) is 83.8 cm³/mol. The summed E-state index contributed by atoms with van der Waals surface area (Å²) < 4.78 is 5.31. The van der Waals surface area contributed by atoms with Crippen LogP contribution in [0.1, 0.15) is 22.4 Å². The lowest BCUT2D eigenvalue weighted by Gasteiger charge is -2.13. The maximum absolute atomic E-state index is 9.26. The number of rotatable bonds is 4. The monoisotopic (exact) mass is 301 g/mol. The number of nitriles is 1. The van der Waals surface area contributed by atoms with E-state index in [1.807, 2.05) is 32.0 Å². The Morgan fingerprint density at radius 2 is 2.14 bits per heavy atom. The van der Waals surface area contributed by atoms with Crippen molar-refractivity contribution in [2.45, 2.75) is 20.4 Å². The molecule has 0 saturated carbocycles. The molecule has 0 amide bonds. The summed E-state index contributed by atoms with van der Waals surface area (Å²) in [5.74, 6) is 1.27. The minimum atomic E-state index is 0.438. The summed E-state index contributed by atoms with van der Waals surface area (Å²) in [5.41, 5.74) is 3.15. The molecule has 0 spiro atoms. The quantitative estimate of drug-likeness (QED) is 0.932. The summed E-state index contributed by atoms with van der Waals surface area (Å²) in [6, 6.07) is 9.56. The second kappa shape index (κ2) is 6.47. The fraction of sp³-hybridized carbons (Fsp3) is 0.250. The first kappa shape index (κ1) is 15.1. The third-order valence-electron chi connectivity index (χ3n) is 3.18. The normalized spacial score (nSPS) is 10.0. The number of hydrogen-bond donors (Lipinski definition) is 1. The lowest BCUT2D eigenvalue weighted by atomic mass is 10.1. The number of nitrogens with one attached hydrogen (secondary N) is 1. The molecular weight excluding hydrogens is 286 g/mol. The van der Waals surface area contributed by atoms with Crippen LogP contribution in [-0.4, -0.2) is 12.1 Å². The SMILES string of the molecule is COc1cccc(Cl)c1CNc1nc(C)cc(C)c1C#N. The molecule has 108 valence electrons. The molecule has 1 N–H and O–H groups in total. The fourth-order valence-corrected chi connectivity index (χ4v) is 2.41. The molecule has 0 aliphatic carbocycles. The molecule has 5 heteroatoms. The Kier molecular flexibility index (Phi) is 4.66. The summed E-state index contributed by atoms with van der Waals surface area (Å²) in [5, 5.41) is 13.1. The van der Waals surface area contributed by atoms with Crippen molar-refractivity contribution in [2.75, 3.05) is 12.4 Å². The molecule has 0 aliphatic rings. The van der Waals surface area contributed by atoms with Crippen molar-refractivity contribution in [3.8, 4) is 11.8 Å². The molecule has 2 rings (SSSR count). The molecule has 1 heterocycles. The van der Waals surface area contributed by atoms with E-state index in [1.165, 1.54) is 0 Å². The van der Waals surface area contributed by atoms with E-state index < -0.39 is 0 Å². The van der Waals surface area contributed by atoms with Crippen LogP contribution in [0.15, 0.2) is 24.3 Å². The fourth-order valence-electron chi connectivity index (χ4n) is 2.18. The molecule has 0 aliphatic heterocycles. The zero-order valence-electron chi connectivity index (χ0n) is 12.2. The molecule has 0 unspecified atom stereocenters. The van der Waals surface area contributed by atoms with Crippen LogP contribution in [0, 0.1) is 25.2 Å². The van der Waals surface area contributed by atoms with Gasteiger partial charge in [-0.1, -0.05) is 17.7 Å². The van der Waals surface area contributed by atoms with Gasteiger partial charge in [0.05, 0.1) is 12.7 Å². The lowest BCUT2D eigenvalue weighted by molar-refractivity contribution is 0.410. The Labute approximate surface area is 129 Å². The summed E-state index contributed by atoms with van der Waals surface area (Å²) in [6.07, 6.45) is 0. The Bertz CT molecular complexity index is 707. The molecule has 0 bridgehead atoms. The van der Waals surface area contributed by atoms with Gasteiger partial charge in [0.2, 0.25) is 0 Å². The summed E-state index contributed by atoms with van der Waals surface area (Å²) in [4.78, 5) is 4.39. The van der Waals surface area contributed by atoms with Gasteiger partial charge in [0, 0.05) is 22.8 Å². The van der Waals surface area contributed by atoms with Gasteiger partial charge in [-0.25, -0.2) is 4.98 Å². The molecule has 0 fully saturated rings. The highest BCUT2D eigenvalue weighted by atomic mass is 35.5. The predicted octanol–water partition coefficient (Wildman–Crippen LogP) is 3.84. The number of aromatic nitrogens is 1. The molecule has 0 atom stereocenters. The minimum absolute atomic E-state index is 0.438. The van der Waals surface area contributed by atoms with E-state index in [0.717, 1.165) is 16.8 Å². The maximum Gasteiger partial charge on any atom is 0.144 e. The van der Waals surface area contributed by atoms with E-state index in [-0.39, 0.29) is 0 Å². The van der Waals surface area contributed by atoms with Crippen molar-refractivity contribution in [2.24, 2.45) is 0 Å². The molecule has 0 saturated heterocycles. The van der Waals surface area contributed by atoms with Crippen LogP contribution >= 0.6 is 11.6 Å². The highest BCUT2D eigenvalue weighted by molar-refractivity contribution is 6.31. The van der Waals surface area contributed by atoms with Crippen LogP contribution in [-0.2, 0) is 6.54 Å². The van der Waals surface area contributed by atoms with Gasteiger partial charge in [-0.15, -0.1) is 0 Å². The number of aryl methyl sites for hydroxylation is 2. The number of halogens is 1. The van der Waals surface area contributed by atoms with E-state index in [2.05, 4.69) is 16.4 Å². The number of methoxy groups -OCH3 is 1. The van der Waals surface area contributed by atoms with Gasteiger partial charge in [0.1, 0.15) is 17.6 Å². The number of hydrogen-bond acceptors (Lipinski definition) is 4. The van der Waals surface area contributed by atoms with Crippen molar-refractivity contribution in [3.63, 3.8) is 0 Å². The number of nitrogens with zero attached hydrogens (tertiary/aromatic N) is 2. The molecular formula is C16H16ClN3O. The van der Waals surface area contributed by atoms with Crippen LogP contribution in [0.3, 0.4) is 0 Å². The molecule has 1 aromatic carbocycles. The van der Waals surface area contributed by atoms with Gasteiger partial charge >= 0.3 is 0 Å². The van der Waals surface area contributed by atoms with Crippen molar-refractivity contribution in [3.05, 3.63) is 51.7 Å². The summed E-state index contributed by atoms with van der Waals surface area (Å²) in [6.45, 7) is 4.23. The lowest BCUT2D eigenvalue weighted by Crippen LogP contribution is -2.07. The third kappa shape index (κ3) is 3.26. The molecule has 21 heavy (non-hydrogen) atoms. The van der Waals surface area contributed by atoms with Gasteiger partial charge in [-0.05, 0) is 37.6 Å². The average Bonchev–Trinajstić information content (AvgIpc) is 2.45. The average molecular weight is 302 g/mol. The van der Waals surface area contributed by atoms with Crippen LogP contribution in [0.25, 0.3) is 0 Å². The van der Waals surface area contributed by atoms with Crippen LogP contribution < -0.4 is 10.1 Å². The van der Waals surface area contributed by atoms with E-state index >= 15 is 0 Å². The standard InChI is InChI=1S/C16H16ClN3O/c1-10-7-11(2)20-16(12(10)8-18)19-9-13-14(17)5-4-6-15(13)21-3/h4-7H,9H2,1-3H3,(H,19,20). The molecule has 0 radical (unpaired) electrons. The topological polar surface area (TPSA) is 57.9 Å². The minimum Gasteiger partial charge on any atom is -0.496 e. The largest absolute Gasteiger partial charge is 0.496 e. The molecule has 2 aromatic rings. The highest BCUT2D eigenvalue weighted by Gasteiger charge is 2.11. The Morgan fingerprint density at radius 3 is 2.81 bits per heavy atom. The van der Waals surface area contributed by atoms with Gasteiger partial charge in [0.15, 0.2) is 0 Å². The zero-order valence-corrected chi connectivity index (χ0v) is 13.0. The zero-order chi connectivity index (χ0) is 15.4. The van der Waals surface area contributed by atoms with Crippen LogP contribution in [0.2, 0.25) is 5.02 Å². The first-order chi connectivity index (χ1) is 10.1. The maximum atomic E-state index is 9.26. The van der Waals surface area contributed by atoms with E-state index in [0.29, 0.717) is 28.7 Å². The molecule has 4 nitrogen and oxygen atoms in total. The summed E-state index contributed by atoms with van der Waals surface area (Å²) in [7, 11) is 1.60. The Balaban J connectivity index is 2.31. The van der Waals surface area contributed by atoms with Gasteiger partial charge in [-0.2, -0.15) is 5.26 Å². The third-order valence-corrected chi connectivity index (χ3v) is 3.54. The second-order valence-corrected chi connectivity index (χ2v) is 5.10. The molecule has 1 aromatic heterocycles. The van der Waals surface area contributed by atoms with Crippen molar-refractivity contribution in [1.29, 1.82) is 5.26 Å². The number of anilines is 1. The van der Waals surface area contributed by atoms with Crippen molar-refractivity contribution in [1.82, 2.24) is 4.98 Å². The first-order valence-corrected chi connectivity index (χ1v) is 6.88. The van der Waals surface area contributed by atoms with Crippen LogP contribution in [0.5, 0.6) is 5.75 Å². The summed E-state index contributed by atoms with van der Waals surface area (Å²) >= 11 is 6.21. The number of benzene rings is 1. The number of ether oxygens (including phenoxy) is 1. The van der Waals surface area contributed by atoms with E-state index in [4.69, 9.17) is 16.3 Å². The Hall–Kier alpha value is -2.25. The van der Waals surface area contributed by atoms with E-state index in [1.54, 1.807) is 13.2 Å². The van der Waals surface area contributed by atoms with Gasteiger partial charge in [-0.3, -0.25) is 0 Å².